The van der Waals surface area contributed by atoms with Crippen LogP contribution in [0.3, 0.4) is 0 Å². The molecule has 4 nitrogen and oxygen atoms in total. The van der Waals surface area contributed by atoms with E-state index in [-0.39, 0.29) is 0 Å². The van der Waals surface area contributed by atoms with Crippen LogP contribution in [0.25, 0.3) is 6.08 Å². The molecule has 110 valence electrons. The van der Waals surface area contributed by atoms with E-state index in [1.54, 1.807) is 12.1 Å². The van der Waals surface area contributed by atoms with Crippen molar-refractivity contribution in [2.24, 2.45) is 0 Å². The Morgan fingerprint density at radius 1 is 1.30 bits per heavy atom. The zero-order chi connectivity index (χ0) is 14.4. The number of epoxide rings is 2. The lowest BCUT2D eigenvalue weighted by molar-refractivity contribution is 0.102. The Bertz CT molecular complexity index is 424. The van der Waals surface area contributed by atoms with Gasteiger partial charge in [-0.05, 0) is 29.7 Å². The fraction of sp³-hybridized carbons (Fsp3) is 0.500. The van der Waals surface area contributed by atoms with E-state index in [1.165, 1.54) is 0 Å². The zero-order valence-corrected chi connectivity index (χ0v) is 11.9. The lowest BCUT2D eigenvalue weighted by Gasteiger charge is -2.01. The molecule has 2 heterocycles. The fourth-order valence-electron chi connectivity index (χ4n) is 1.68. The quantitative estimate of drug-likeness (QED) is 0.812. The lowest BCUT2D eigenvalue weighted by atomic mass is 10.1. The Kier molecular flexibility index (Phi) is 5.59. The first-order valence-corrected chi connectivity index (χ1v) is 6.98. The maximum Gasteiger partial charge on any atom is 0.118 e. The summed E-state index contributed by atoms with van der Waals surface area (Å²) in [6, 6.07) is 5.50. The van der Waals surface area contributed by atoms with Crippen molar-refractivity contribution < 1.29 is 19.3 Å². The third kappa shape index (κ3) is 5.33. The van der Waals surface area contributed by atoms with Crippen molar-refractivity contribution in [1.82, 2.24) is 0 Å². The number of aryl methyl sites for hydroxylation is 1. The largest absolute Gasteiger partial charge is 0.508 e. The Morgan fingerprint density at radius 2 is 1.90 bits per heavy atom. The highest BCUT2D eigenvalue weighted by atomic mass is 16.6. The van der Waals surface area contributed by atoms with Crippen LogP contribution >= 0.6 is 0 Å². The maximum atomic E-state index is 9.30. The van der Waals surface area contributed by atoms with Gasteiger partial charge in [0.05, 0.1) is 26.4 Å². The second kappa shape index (κ2) is 7.43. The minimum Gasteiger partial charge on any atom is -0.508 e. The number of phenolic OH excluding ortho intramolecular Hbond substituents is 1. The molecule has 2 aliphatic heterocycles. The van der Waals surface area contributed by atoms with Gasteiger partial charge in [-0.1, -0.05) is 25.6 Å². The summed E-state index contributed by atoms with van der Waals surface area (Å²) in [5.74, 6) is 0.373. The molecule has 2 aliphatic rings. The molecule has 1 aromatic rings. The SMILES string of the molecule is C(OCC1CO1)C1CO1.C=Cc1ccc(O)c(CC)c1. The number of hydrogen-bond donors (Lipinski definition) is 1. The number of phenols is 1. The van der Waals surface area contributed by atoms with Crippen molar-refractivity contribution in [3.63, 3.8) is 0 Å². The summed E-state index contributed by atoms with van der Waals surface area (Å²) in [6.45, 7) is 8.93. The molecule has 4 heteroatoms. The van der Waals surface area contributed by atoms with E-state index in [0.29, 0.717) is 18.0 Å². The van der Waals surface area contributed by atoms with E-state index in [1.807, 2.05) is 19.1 Å². The van der Waals surface area contributed by atoms with Crippen LogP contribution in [0.1, 0.15) is 18.1 Å². The number of benzene rings is 1. The summed E-state index contributed by atoms with van der Waals surface area (Å²) in [4.78, 5) is 0. The van der Waals surface area contributed by atoms with Crippen molar-refractivity contribution in [2.45, 2.75) is 25.6 Å². The molecule has 2 fully saturated rings. The molecule has 0 radical (unpaired) electrons. The van der Waals surface area contributed by atoms with Crippen LogP contribution in [0.5, 0.6) is 5.75 Å². The number of ether oxygens (including phenoxy) is 3. The maximum absolute atomic E-state index is 9.30. The average Bonchev–Trinajstić information content (AvgIpc) is 3.35. The lowest BCUT2D eigenvalue weighted by Crippen LogP contribution is -2.06. The van der Waals surface area contributed by atoms with Crippen LogP contribution in [0.15, 0.2) is 24.8 Å². The van der Waals surface area contributed by atoms with Gasteiger partial charge >= 0.3 is 0 Å². The molecule has 0 bridgehead atoms. The minimum atomic E-state index is 0.373. The van der Waals surface area contributed by atoms with Gasteiger partial charge in [-0.25, -0.2) is 0 Å². The van der Waals surface area contributed by atoms with Crippen molar-refractivity contribution in [1.29, 1.82) is 0 Å². The summed E-state index contributed by atoms with van der Waals surface area (Å²) >= 11 is 0. The van der Waals surface area contributed by atoms with E-state index in [4.69, 9.17) is 14.2 Å². The second-order valence-electron chi connectivity index (χ2n) is 4.89. The Morgan fingerprint density at radius 3 is 2.35 bits per heavy atom. The summed E-state index contributed by atoms with van der Waals surface area (Å²) in [6.07, 6.45) is 3.42. The molecule has 1 aromatic carbocycles. The van der Waals surface area contributed by atoms with Crippen LogP contribution < -0.4 is 0 Å². The molecule has 2 unspecified atom stereocenters. The monoisotopic (exact) mass is 278 g/mol. The predicted octanol–water partition coefficient (Wildman–Crippen LogP) is 2.40. The molecular formula is C16H22O4. The van der Waals surface area contributed by atoms with Gasteiger partial charge in [0.2, 0.25) is 0 Å². The molecule has 1 N–H and O–H groups in total. The zero-order valence-electron chi connectivity index (χ0n) is 11.9. The standard InChI is InChI=1S/C10H12O.C6H10O3/c1-3-8-5-6-10(11)9(4-2)7-8;1(5-3-8-5)7-2-6-4-9-6/h3,5-7,11H,1,4H2,2H3;5-6H,1-4H2. The number of hydrogen-bond acceptors (Lipinski definition) is 4. The van der Waals surface area contributed by atoms with Crippen LogP contribution in [0.4, 0.5) is 0 Å². The molecule has 20 heavy (non-hydrogen) atoms. The van der Waals surface area contributed by atoms with Gasteiger partial charge in [-0.2, -0.15) is 0 Å². The molecular weight excluding hydrogens is 256 g/mol. The molecule has 0 spiro atoms. The molecule has 0 aromatic heterocycles. The van der Waals surface area contributed by atoms with Gasteiger partial charge in [-0.15, -0.1) is 0 Å². The highest BCUT2D eigenvalue weighted by Gasteiger charge is 2.26. The second-order valence-corrected chi connectivity index (χ2v) is 4.89. The number of rotatable bonds is 6. The fourth-order valence-corrected chi connectivity index (χ4v) is 1.68. The highest BCUT2D eigenvalue weighted by molar-refractivity contribution is 5.51. The molecule has 0 saturated carbocycles. The molecule has 3 rings (SSSR count). The summed E-state index contributed by atoms with van der Waals surface area (Å²) < 4.78 is 15.1. The van der Waals surface area contributed by atoms with E-state index in [2.05, 4.69) is 6.58 Å². The van der Waals surface area contributed by atoms with Gasteiger partial charge in [0, 0.05) is 0 Å². The minimum absolute atomic E-state index is 0.373. The van der Waals surface area contributed by atoms with Gasteiger partial charge in [-0.3, -0.25) is 0 Å². The van der Waals surface area contributed by atoms with Crippen LogP contribution in [0, 0.1) is 0 Å². The van der Waals surface area contributed by atoms with Crippen molar-refractivity contribution in [3.05, 3.63) is 35.9 Å². The highest BCUT2D eigenvalue weighted by Crippen LogP contribution is 2.19. The Hall–Kier alpha value is -1.36. The van der Waals surface area contributed by atoms with Crippen LogP contribution in [-0.4, -0.2) is 43.7 Å². The predicted molar refractivity (Wildman–Crippen MR) is 77.9 cm³/mol. The normalized spacial score (nSPS) is 22.6. The first-order chi connectivity index (χ1) is 9.72. The van der Waals surface area contributed by atoms with Crippen LogP contribution in [0.2, 0.25) is 0 Å². The molecule has 0 aliphatic carbocycles. The number of aromatic hydroxyl groups is 1. The van der Waals surface area contributed by atoms with Crippen molar-refractivity contribution in [2.75, 3.05) is 26.4 Å². The van der Waals surface area contributed by atoms with Crippen molar-refractivity contribution >= 4 is 6.08 Å². The Labute approximate surface area is 120 Å². The Balaban J connectivity index is 0.000000149. The van der Waals surface area contributed by atoms with E-state index in [0.717, 1.165) is 44.0 Å². The summed E-state index contributed by atoms with van der Waals surface area (Å²) in [7, 11) is 0. The summed E-state index contributed by atoms with van der Waals surface area (Å²) in [5.41, 5.74) is 2.03. The van der Waals surface area contributed by atoms with Crippen molar-refractivity contribution in [3.8, 4) is 5.75 Å². The third-order valence-corrected chi connectivity index (χ3v) is 3.13. The topological polar surface area (TPSA) is 54.5 Å². The van der Waals surface area contributed by atoms with Gasteiger partial charge in [0.25, 0.3) is 0 Å². The molecule has 2 atom stereocenters. The molecule has 2 saturated heterocycles. The first-order valence-electron chi connectivity index (χ1n) is 6.98. The van der Waals surface area contributed by atoms with E-state index >= 15 is 0 Å². The first kappa shape index (κ1) is 15.0. The third-order valence-electron chi connectivity index (χ3n) is 3.13. The average molecular weight is 278 g/mol. The summed E-state index contributed by atoms with van der Waals surface area (Å²) in [5, 5.41) is 9.30. The van der Waals surface area contributed by atoms with E-state index < -0.39 is 0 Å². The van der Waals surface area contributed by atoms with Crippen LogP contribution in [-0.2, 0) is 20.6 Å². The van der Waals surface area contributed by atoms with E-state index in [9.17, 15) is 5.11 Å². The van der Waals surface area contributed by atoms with Gasteiger partial charge in [0.1, 0.15) is 18.0 Å². The molecule has 0 amide bonds. The van der Waals surface area contributed by atoms with Gasteiger partial charge in [0.15, 0.2) is 0 Å². The van der Waals surface area contributed by atoms with Gasteiger partial charge < -0.3 is 19.3 Å². The smallest absolute Gasteiger partial charge is 0.118 e.